The summed E-state index contributed by atoms with van der Waals surface area (Å²) in [5, 5.41) is 19.7. The van der Waals surface area contributed by atoms with Crippen molar-refractivity contribution in [1.29, 1.82) is 0 Å². The minimum atomic E-state index is -0.0491. The van der Waals surface area contributed by atoms with Crippen molar-refractivity contribution in [3.05, 3.63) is 0 Å². The van der Waals surface area contributed by atoms with E-state index in [1.807, 2.05) is 0 Å². The summed E-state index contributed by atoms with van der Waals surface area (Å²) >= 11 is 0. The van der Waals surface area contributed by atoms with Gasteiger partial charge in [0.05, 0.1) is 12.2 Å². The van der Waals surface area contributed by atoms with Crippen molar-refractivity contribution >= 4 is 0 Å². The van der Waals surface area contributed by atoms with Gasteiger partial charge in [0.15, 0.2) is 0 Å². The molecule has 0 aromatic rings. The van der Waals surface area contributed by atoms with Crippen molar-refractivity contribution in [3.63, 3.8) is 0 Å². The van der Waals surface area contributed by atoms with Gasteiger partial charge in [-0.3, -0.25) is 0 Å². The fourth-order valence-electron chi connectivity index (χ4n) is 3.91. The van der Waals surface area contributed by atoms with E-state index in [-0.39, 0.29) is 12.2 Å². The molecule has 0 radical (unpaired) electrons. The molecule has 0 aliphatic heterocycles. The van der Waals surface area contributed by atoms with E-state index in [4.69, 9.17) is 0 Å². The topological polar surface area (TPSA) is 40.5 Å². The third-order valence-electron chi connectivity index (χ3n) is 5.13. The van der Waals surface area contributed by atoms with Gasteiger partial charge in [0, 0.05) is 0 Å². The Morgan fingerprint density at radius 2 is 0.833 bits per heavy atom. The summed E-state index contributed by atoms with van der Waals surface area (Å²) in [6, 6.07) is 0. The SMILES string of the molecule is OC1CCCCC(C2CCCCC(O)CC2)CC1. The van der Waals surface area contributed by atoms with Crippen LogP contribution in [0.1, 0.15) is 77.0 Å². The van der Waals surface area contributed by atoms with Crippen molar-refractivity contribution in [2.75, 3.05) is 0 Å². The molecule has 2 fully saturated rings. The smallest absolute Gasteiger partial charge is 0.0540 e. The number of aliphatic hydroxyl groups is 2. The molecule has 2 nitrogen and oxygen atoms in total. The van der Waals surface area contributed by atoms with Gasteiger partial charge in [0.25, 0.3) is 0 Å². The van der Waals surface area contributed by atoms with Crippen LogP contribution < -0.4 is 0 Å². The van der Waals surface area contributed by atoms with Gasteiger partial charge in [-0.05, 0) is 50.4 Å². The molecule has 2 aliphatic rings. The molecule has 4 atom stereocenters. The van der Waals surface area contributed by atoms with E-state index in [1.165, 1.54) is 51.4 Å². The lowest BCUT2D eigenvalue weighted by molar-refractivity contribution is 0.0956. The van der Waals surface area contributed by atoms with Gasteiger partial charge in [-0.2, -0.15) is 0 Å². The second-order valence-electron chi connectivity index (χ2n) is 6.55. The molecule has 0 heterocycles. The molecule has 2 rings (SSSR count). The highest BCUT2D eigenvalue weighted by Crippen LogP contribution is 2.35. The molecule has 0 saturated heterocycles. The second kappa shape index (κ2) is 7.49. The summed E-state index contributed by atoms with van der Waals surface area (Å²) in [5.74, 6) is 1.62. The molecule has 0 amide bonds. The van der Waals surface area contributed by atoms with E-state index >= 15 is 0 Å². The van der Waals surface area contributed by atoms with Crippen LogP contribution in [0.2, 0.25) is 0 Å². The summed E-state index contributed by atoms with van der Waals surface area (Å²) in [5.41, 5.74) is 0. The third kappa shape index (κ3) is 4.55. The third-order valence-corrected chi connectivity index (χ3v) is 5.13. The largest absolute Gasteiger partial charge is 0.393 e. The van der Waals surface area contributed by atoms with Crippen LogP contribution in [0, 0.1) is 11.8 Å². The predicted molar refractivity (Wildman–Crippen MR) is 74.4 cm³/mol. The summed E-state index contributed by atoms with van der Waals surface area (Å²) in [7, 11) is 0. The Balaban J connectivity index is 1.86. The Morgan fingerprint density at radius 1 is 0.444 bits per heavy atom. The summed E-state index contributed by atoms with van der Waals surface area (Å²) < 4.78 is 0. The molecular weight excluding hydrogens is 224 g/mol. The summed E-state index contributed by atoms with van der Waals surface area (Å²) in [4.78, 5) is 0. The quantitative estimate of drug-likeness (QED) is 0.750. The highest BCUT2D eigenvalue weighted by molar-refractivity contribution is 4.77. The van der Waals surface area contributed by atoms with E-state index in [9.17, 15) is 10.2 Å². The zero-order chi connectivity index (χ0) is 12.8. The Bertz CT molecular complexity index is 205. The van der Waals surface area contributed by atoms with Crippen molar-refractivity contribution < 1.29 is 10.2 Å². The first-order chi connectivity index (χ1) is 8.75. The van der Waals surface area contributed by atoms with Gasteiger partial charge in [-0.15, -0.1) is 0 Å². The molecule has 2 heteroatoms. The van der Waals surface area contributed by atoms with Crippen molar-refractivity contribution in [2.24, 2.45) is 11.8 Å². The molecular formula is C16H30O2. The first kappa shape index (κ1) is 14.3. The van der Waals surface area contributed by atoms with Crippen LogP contribution in [0.5, 0.6) is 0 Å². The summed E-state index contributed by atoms with van der Waals surface area (Å²) in [6.07, 6.45) is 14.0. The number of hydrogen-bond acceptors (Lipinski definition) is 2. The molecule has 2 N–H and O–H groups in total. The summed E-state index contributed by atoms with van der Waals surface area (Å²) in [6.45, 7) is 0. The van der Waals surface area contributed by atoms with Crippen LogP contribution in [-0.2, 0) is 0 Å². The first-order valence-corrected chi connectivity index (χ1v) is 8.12. The Labute approximate surface area is 112 Å². The monoisotopic (exact) mass is 254 g/mol. The zero-order valence-electron chi connectivity index (χ0n) is 11.7. The lowest BCUT2D eigenvalue weighted by Crippen LogP contribution is -2.23. The number of aliphatic hydroxyl groups excluding tert-OH is 2. The number of rotatable bonds is 1. The molecule has 4 unspecified atom stereocenters. The van der Waals surface area contributed by atoms with E-state index in [2.05, 4.69) is 0 Å². The fourth-order valence-corrected chi connectivity index (χ4v) is 3.91. The maximum absolute atomic E-state index is 9.83. The van der Waals surface area contributed by atoms with Gasteiger partial charge in [0.2, 0.25) is 0 Å². The van der Waals surface area contributed by atoms with E-state index < -0.39 is 0 Å². The fraction of sp³-hybridized carbons (Fsp3) is 1.00. The van der Waals surface area contributed by atoms with Crippen LogP contribution in [0.25, 0.3) is 0 Å². The van der Waals surface area contributed by atoms with Crippen molar-refractivity contribution in [2.45, 2.75) is 89.3 Å². The highest BCUT2D eigenvalue weighted by Gasteiger charge is 2.25. The maximum atomic E-state index is 9.83. The Hall–Kier alpha value is -0.0800. The average molecular weight is 254 g/mol. The molecule has 2 aliphatic carbocycles. The molecule has 0 aromatic carbocycles. The maximum Gasteiger partial charge on any atom is 0.0540 e. The van der Waals surface area contributed by atoms with Gasteiger partial charge >= 0.3 is 0 Å². The average Bonchev–Trinajstić information content (AvgIpc) is 2.31. The van der Waals surface area contributed by atoms with Crippen LogP contribution in [0.3, 0.4) is 0 Å². The minimum Gasteiger partial charge on any atom is -0.393 e. The molecule has 0 aromatic heterocycles. The first-order valence-electron chi connectivity index (χ1n) is 8.12. The molecule has 0 spiro atoms. The van der Waals surface area contributed by atoms with Gasteiger partial charge in [-0.25, -0.2) is 0 Å². The Kier molecular flexibility index (Phi) is 5.97. The molecule has 2 saturated carbocycles. The van der Waals surface area contributed by atoms with Gasteiger partial charge in [0.1, 0.15) is 0 Å². The van der Waals surface area contributed by atoms with E-state index in [1.54, 1.807) is 0 Å². The van der Waals surface area contributed by atoms with Crippen LogP contribution in [-0.4, -0.2) is 22.4 Å². The second-order valence-corrected chi connectivity index (χ2v) is 6.55. The molecule has 0 bridgehead atoms. The van der Waals surface area contributed by atoms with Crippen LogP contribution >= 0.6 is 0 Å². The van der Waals surface area contributed by atoms with Crippen molar-refractivity contribution in [3.8, 4) is 0 Å². The van der Waals surface area contributed by atoms with E-state index in [0.717, 1.165) is 37.5 Å². The van der Waals surface area contributed by atoms with Crippen LogP contribution in [0.15, 0.2) is 0 Å². The number of hydrogen-bond donors (Lipinski definition) is 2. The highest BCUT2D eigenvalue weighted by atomic mass is 16.3. The van der Waals surface area contributed by atoms with Crippen LogP contribution in [0.4, 0.5) is 0 Å². The van der Waals surface area contributed by atoms with E-state index in [0.29, 0.717) is 0 Å². The Morgan fingerprint density at radius 3 is 1.28 bits per heavy atom. The molecule has 106 valence electrons. The van der Waals surface area contributed by atoms with Gasteiger partial charge in [-0.1, -0.05) is 38.5 Å². The zero-order valence-corrected chi connectivity index (χ0v) is 11.7. The molecule has 18 heavy (non-hydrogen) atoms. The van der Waals surface area contributed by atoms with Gasteiger partial charge < -0.3 is 10.2 Å². The standard InChI is InChI=1S/C16H30O2/c17-15-7-3-1-5-13(9-11-15)14-6-2-4-8-16(18)12-10-14/h13-18H,1-12H2. The van der Waals surface area contributed by atoms with Crippen molar-refractivity contribution in [1.82, 2.24) is 0 Å². The normalized spacial score (nSPS) is 40.3. The minimum absolute atomic E-state index is 0.0491. The lowest BCUT2D eigenvalue weighted by atomic mass is 9.75. The lowest BCUT2D eigenvalue weighted by Gasteiger charge is -2.32. The predicted octanol–water partition coefficient (Wildman–Crippen LogP) is 3.65.